The largest absolute Gasteiger partial charge is 0.354 e. The molecule has 2 aliphatic rings. The van der Waals surface area contributed by atoms with Crippen molar-refractivity contribution in [3.8, 4) is 0 Å². The van der Waals surface area contributed by atoms with Crippen molar-refractivity contribution >= 4 is 41.5 Å². The molecule has 1 amide bonds. The first-order chi connectivity index (χ1) is 11.3. The van der Waals surface area contributed by atoms with E-state index in [1.54, 1.807) is 0 Å². The van der Waals surface area contributed by atoms with Crippen molar-refractivity contribution in [3.05, 3.63) is 29.8 Å². The Morgan fingerprint density at radius 1 is 1.21 bits per heavy atom. The van der Waals surface area contributed by atoms with Crippen molar-refractivity contribution in [3.63, 3.8) is 0 Å². The number of anilines is 1. The van der Waals surface area contributed by atoms with Crippen LogP contribution in [0.15, 0.2) is 29.3 Å². The van der Waals surface area contributed by atoms with E-state index in [-0.39, 0.29) is 29.9 Å². The minimum atomic E-state index is 0. The number of halogens is 1. The lowest BCUT2D eigenvalue weighted by Crippen LogP contribution is -2.41. The summed E-state index contributed by atoms with van der Waals surface area (Å²) >= 11 is 0. The van der Waals surface area contributed by atoms with Crippen LogP contribution in [-0.4, -0.2) is 31.5 Å². The van der Waals surface area contributed by atoms with Gasteiger partial charge >= 0.3 is 0 Å². The zero-order valence-electron chi connectivity index (χ0n) is 14.3. The number of hydrogen-bond donors (Lipinski definition) is 2. The summed E-state index contributed by atoms with van der Waals surface area (Å²) < 4.78 is 0. The number of carbonyl (C=O) groups is 1. The van der Waals surface area contributed by atoms with Crippen LogP contribution in [0.5, 0.6) is 0 Å². The Morgan fingerprint density at radius 2 is 1.92 bits per heavy atom. The molecular weight excluding hydrogens is 415 g/mol. The maximum atomic E-state index is 11.8. The summed E-state index contributed by atoms with van der Waals surface area (Å²) in [4.78, 5) is 17.9. The molecule has 1 aliphatic heterocycles. The van der Waals surface area contributed by atoms with E-state index in [1.165, 1.54) is 31.2 Å². The van der Waals surface area contributed by atoms with Crippen molar-refractivity contribution in [1.29, 1.82) is 0 Å². The maximum absolute atomic E-state index is 11.8. The summed E-state index contributed by atoms with van der Waals surface area (Å²) in [6, 6.07) is 8.79. The summed E-state index contributed by atoms with van der Waals surface area (Å²) in [6.07, 6.45) is 6.73. The van der Waals surface area contributed by atoms with Gasteiger partial charge < -0.3 is 15.5 Å². The lowest BCUT2D eigenvalue weighted by Gasteiger charge is -2.18. The van der Waals surface area contributed by atoms with E-state index in [9.17, 15) is 4.79 Å². The molecule has 132 valence electrons. The van der Waals surface area contributed by atoms with Crippen LogP contribution in [-0.2, 0) is 11.3 Å². The second-order valence-corrected chi connectivity index (χ2v) is 6.37. The molecule has 1 heterocycles. The molecule has 6 heteroatoms. The lowest BCUT2D eigenvalue weighted by molar-refractivity contribution is -0.117. The second-order valence-electron chi connectivity index (χ2n) is 6.37. The zero-order chi connectivity index (χ0) is 16.1. The molecule has 1 aromatic rings. The third-order valence-electron chi connectivity index (χ3n) is 4.70. The molecule has 0 unspecified atom stereocenters. The van der Waals surface area contributed by atoms with Gasteiger partial charge in [-0.2, -0.15) is 0 Å². The summed E-state index contributed by atoms with van der Waals surface area (Å²) in [6.45, 7) is 1.58. The molecule has 24 heavy (non-hydrogen) atoms. The normalized spacial score (nSPS) is 18.6. The third kappa shape index (κ3) is 4.84. The second kappa shape index (κ2) is 9.25. The number of aliphatic imine (C=N–C) groups is 1. The van der Waals surface area contributed by atoms with Gasteiger partial charge in [0.15, 0.2) is 5.96 Å². The van der Waals surface area contributed by atoms with Gasteiger partial charge in [-0.05, 0) is 37.0 Å². The quantitative estimate of drug-likeness (QED) is 0.428. The van der Waals surface area contributed by atoms with Gasteiger partial charge in [0, 0.05) is 38.3 Å². The standard InChI is InChI=1S/C18H26N4O.HI/c1-19-18(21-15-5-2-3-6-15)20-13-14-8-10-16(11-9-14)22-12-4-7-17(22)23;/h8-11,15H,2-7,12-13H2,1H3,(H2,19,20,21);1H. The Hall–Kier alpha value is -1.31. The highest BCUT2D eigenvalue weighted by Crippen LogP contribution is 2.21. The van der Waals surface area contributed by atoms with Crippen LogP contribution in [0.4, 0.5) is 5.69 Å². The van der Waals surface area contributed by atoms with E-state index in [2.05, 4.69) is 27.8 Å². The Balaban J connectivity index is 0.00000208. The average Bonchev–Trinajstić information content (AvgIpc) is 3.23. The fourth-order valence-electron chi connectivity index (χ4n) is 3.36. The monoisotopic (exact) mass is 442 g/mol. The van der Waals surface area contributed by atoms with Crippen molar-refractivity contribution < 1.29 is 4.79 Å². The molecule has 2 fully saturated rings. The number of guanidine groups is 1. The van der Waals surface area contributed by atoms with Crippen molar-refractivity contribution in [2.45, 2.75) is 51.1 Å². The van der Waals surface area contributed by atoms with E-state index in [0.29, 0.717) is 12.5 Å². The number of benzene rings is 1. The Kier molecular flexibility index (Phi) is 7.33. The molecule has 0 aromatic heterocycles. The van der Waals surface area contributed by atoms with Crippen LogP contribution in [0.2, 0.25) is 0 Å². The van der Waals surface area contributed by atoms with E-state index in [4.69, 9.17) is 0 Å². The first-order valence-corrected chi connectivity index (χ1v) is 8.63. The molecule has 2 N–H and O–H groups in total. The SMILES string of the molecule is CN=C(NCc1ccc(N2CCCC2=O)cc1)NC1CCCC1.I. The highest BCUT2D eigenvalue weighted by molar-refractivity contribution is 14.0. The van der Waals surface area contributed by atoms with E-state index >= 15 is 0 Å². The summed E-state index contributed by atoms with van der Waals surface area (Å²) in [7, 11) is 1.81. The molecule has 3 rings (SSSR count). The number of nitrogens with one attached hydrogen (secondary N) is 2. The van der Waals surface area contributed by atoms with Crippen LogP contribution in [0, 0.1) is 0 Å². The van der Waals surface area contributed by atoms with Gasteiger partial charge in [0.1, 0.15) is 0 Å². The fraction of sp³-hybridized carbons (Fsp3) is 0.556. The molecule has 0 spiro atoms. The molecule has 1 aromatic carbocycles. The number of rotatable bonds is 4. The molecule has 0 radical (unpaired) electrons. The van der Waals surface area contributed by atoms with Crippen LogP contribution >= 0.6 is 24.0 Å². The number of nitrogens with zero attached hydrogens (tertiary/aromatic N) is 2. The van der Waals surface area contributed by atoms with E-state index in [0.717, 1.165) is 31.2 Å². The van der Waals surface area contributed by atoms with Gasteiger partial charge in [0.05, 0.1) is 0 Å². The molecule has 1 aliphatic carbocycles. The van der Waals surface area contributed by atoms with Gasteiger partial charge in [-0.1, -0.05) is 25.0 Å². The summed E-state index contributed by atoms with van der Waals surface area (Å²) in [5.74, 6) is 1.10. The molecule has 0 atom stereocenters. The van der Waals surface area contributed by atoms with E-state index in [1.807, 2.05) is 24.1 Å². The predicted octanol–water partition coefficient (Wildman–Crippen LogP) is 3.04. The smallest absolute Gasteiger partial charge is 0.227 e. The first kappa shape index (κ1) is 19.0. The molecule has 0 bridgehead atoms. The minimum Gasteiger partial charge on any atom is -0.354 e. The van der Waals surface area contributed by atoms with Crippen molar-refractivity contribution in [2.75, 3.05) is 18.5 Å². The fourth-order valence-corrected chi connectivity index (χ4v) is 3.36. The van der Waals surface area contributed by atoms with Crippen LogP contribution in [0.3, 0.4) is 0 Å². The highest BCUT2D eigenvalue weighted by atomic mass is 127. The topological polar surface area (TPSA) is 56.7 Å². The average molecular weight is 442 g/mol. The first-order valence-electron chi connectivity index (χ1n) is 8.63. The van der Waals surface area contributed by atoms with Gasteiger partial charge in [0.2, 0.25) is 5.91 Å². The number of hydrogen-bond acceptors (Lipinski definition) is 2. The summed E-state index contributed by atoms with van der Waals surface area (Å²) in [5.41, 5.74) is 2.19. The van der Waals surface area contributed by atoms with Gasteiger partial charge in [0.25, 0.3) is 0 Å². The Morgan fingerprint density at radius 3 is 2.50 bits per heavy atom. The lowest BCUT2D eigenvalue weighted by atomic mass is 10.2. The van der Waals surface area contributed by atoms with Crippen LogP contribution < -0.4 is 15.5 Å². The Labute approximate surface area is 161 Å². The highest BCUT2D eigenvalue weighted by Gasteiger charge is 2.21. The van der Waals surface area contributed by atoms with E-state index < -0.39 is 0 Å². The summed E-state index contributed by atoms with van der Waals surface area (Å²) in [5, 5.41) is 6.85. The third-order valence-corrected chi connectivity index (χ3v) is 4.70. The predicted molar refractivity (Wildman–Crippen MR) is 109 cm³/mol. The molecule has 1 saturated heterocycles. The molecule has 1 saturated carbocycles. The van der Waals surface area contributed by atoms with Crippen LogP contribution in [0.1, 0.15) is 44.1 Å². The zero-order valence-corrected chi connectivity index (χ0v) is 16.6. The maximum Gasteiger partial charge on any atom is 0.227 e. The van der Waals surface area contributed by atoms with Gasteiger partial charge in [-0.15, -0.1) is 24.0 Å². The minimum absolute atomic E-state index is 0. The Bertz CT molecular complexity index is 567. The van der Waals surface area contributed by atoms with Crippen molar-refractivity contribution in [1.82, 2.24) is 10.6 Å². The molecule has 5 nitrogen and oxygen atoms in total. The van der Waals surface area contributed by atoms with Gasteiger partial charge in [-0.3, -0.25) is 9.79 Å². The van der Waals surface area contributed by atoms with Gasteiger partial charge in [-0.25, -0.2) is 0 Å². The number of amides is 1. The molecular formula is C18H27IN4O. The van der Waals surface area contributed by atoms with Crippen molar-refractivity contribution in [2.24, 2.45) is 4.99 Å². The number of carbonyl (C=O) groups excluding carboxylic acids is 1. The van der Waals surface area contributed by atoms with Crippen LogP contribution in [0.25, 0.3) is 0 Å².